The van der Waals surface area contributed by atoms with Gasteiger partial charge >= 0.3 is 0 Å². The number of hydrogen-bond acceptors (Lipinski definition) is 9. The SMILES string of the molecule is Cc1cccc(OCCCOc2ccc(C=C(C#N)C(=O)Nc3nc(S(C)(=O)=O)ns3)cc2Cl)c1. The van der Waals surface area contributed by atoms with Gasteiger partial charge in [-0.15, -0.1) is 0 Å². The molecule has 1 heterocycles. The molecule has 35 heavy (non-hydrogen) atoms. The fourth-order valence-electron chi connectivity index (χ4n) is 2.75. The zero-order valence-corrected chi connectivity index (χ0v) is 21.2. The number of nitrogens with one attached hydrogen (secondary N) is 1. The second-order valence-electron chi connectivity index (χ2n) is 7.34. The third-order valence-electron chi connectivity index (χ3n) is 4.40. The van der Waals surface area contributed by atoms with Crippen molar-refractivity contribution in [1.82, 2.24) is 9.36 Å². The van der Waals surface area contributed by atoms with Gasteiger partial charge in [0.05, 0.1) is 18.2 Å². The molecule has 0 saturated heterocycles. The number of anilines is 1. The Kier molecular flexibility index (Phi) is 8.81. The van der Waals surface area contributed by atoms with Gasteiger partial charge in [0.1, 0.15) is 23.1 Å². The van der Waals surface area contributed by atoms with E-state index in [1.54, 1.807) is 24.3 Å². The van der Waals surface area contributed by atoms with E-state index in [0.717, 1.165) is 17.6 Å². The molecule has 0 saturated carbocycles. The number of carbonyl (C=O) groups excluding carboxylic acids is 1. The number of ether oxygens (including phenoxy) is 2. The Balaban J connectivity index is 1.55. The van der Waals surface area contributed by atoms with Crippen LogP contribution in [0.25, 0.3) is 6.08 Å². The molecule has 1 aromatic heterocycles. The summed E-state index contributed by atoms with van der Waals surface area (Å²) in [6, 6.07) is 14.5. The highest BCUT2D eigenvalue weighted by atomic mass is 35.5. The van der Waals surface area contributed by atoms with Gasteiger partial charge in [0.15, 0.2) is 0 Å². The van der Waals surface area contributed by atoms with Gasteiger partial charge < -0.3 is 9.47 Å². The van der Waals surface area contributed by atoms with E-state index in [1.165, 1.54) is 6.08 Å². The Morgan fingerprint density at radius 2 is 2.00 bits per heavy atom. The summed E-state index contributed by atoms with van der Waals surface area (Å²) >= 11 is 6.99. The van der Waals surface area contributed by atoms with E-state index in [4.69, 9.17) is 21.1 Å². The van der Waals surface area contributed by atoms with Crippen molar-refractivity contribution in [3.05, 3.63) is 64.2 Å². The highest BCUT2D eigenvalue weighted by Gasteiger charge is 2.17. The van der Waals surface area contributed by atoms with Crippen LogP contribution in [0.15, 0.2) is 53.2 Å². The van der Waals surface area contributed by atoms with Crippen molar-refractivity contribution >= 4 is 50.1 Å². The number of amides is 1. The molecule has 0 aliphatic carbocycles. The predicted octanol–water partition coefficient (Wildman–Crippen LogP) is 4.30. The molecule has 9 nitrogen and oxygen atoms in total. The topological polar surface area (TPSA) is 131 Å². The molecule has 182 valence electrons. The number of nitriles is 1. The smallest absolute Gasteiger partial charge is 0.268 e. The zero-order valence-electron chi connectivity index (χ0n) is 18.8. The van der Waals surface area contributed by atoms with Gasteiger partial charge in [0.25, 0.3) is 11.1 Å². The average Bonchev–Trinajstić information content (AvgIpc) is 3.27. The van der Waals surface area contributed by atoms with E-state index < -0.39 is 20.9 Å². The van der Waals surface area contributed by atoms with E-state index in [-0.39, 0.29) is 10.7 Å². The van der Waals surface area contributed by atoms with Crippen LogP contribution >= 0.6 is 23.1 Å². The number of sulfone groups is 1. The molecular weight excluding hydrogens is 512 g/mol. The number of carbonyl (C=O) groups is 1. The summed E-state index contributed by atoms with van der Waals surface area (Å²) in [6.07, 6.45) is 2.95. The van der Waals surface area contributed by atoms with Crippen LogP contribution in [-0.2, 0) is 14.6 Å². The molecule has 1 amide bonds. The van der Waals surface area contributed by atoms with E-state index in [0.29, 0.717) is 47.5 Å². The van der Waals surface area contributed by atoms with E-state index in [1.807, 2.05) is 31.2 Å². The minimum absolute atomic E-state index is 0.0373. The maximum absolute atomic E-state index is 12.4. The Morgan fingerprint density at radius 3 is 2.66 bits per heavy atom. The Bertz CT molecular complexity index is 1400. The molecule has 12 heteroatoms. The highest BCUT2D eigenvalue weighted by molar-refractivity contribution is 7.90. The molecule has 3 aromatic rings. The molecule has 0 fully saturated rings. The van der Waals surface area contributed by atoms with Crippen molar-refractivity contribution in [2.45, 2.75) is 18.5 Å². The maximum atomic E-state index is 12.4. The standard InChI is InChI=1S/C23H21ClN4O5S2/c1-15-5-3-6-18(11-15)32-9-4-10-33-20-8-7-16(13-19(20)24)12-17(14-25)21(29)26-22-27-23(28-34-22)35(2,30)31/h3,5-8,11-13H,4,9-10H2,1-2H3,(H,26,27,28,29). The molecule has 0 atom stereocenters. The van der Waals surface area contributed by atoms with Crippen molar-refractivity contribution in [1.29, 1.82) is 5.26 Å². The molecule has 0 aliphatic rings. The van der Waals surface area contributed by atoms with Crippen LogP contribution in [0.4, 0.5) is 5.13 Å². The van der Waals surface area contributed by atoms with Gasteiger partial charge in [0, 0.05) is 24.2 Å². The molecule has 0 radical (unpaired) electrons. The van der Waals surface area contributed by atoms with Crippen molar-refractivity contribution in [2.24, 2.45) is 0 Å². The second kappa shape index (κ2) is 11.8. The molecule has 0 spiro atoms. The van der Waals surface area contributed by atoms with Crippen molar-refractivity contribution in [3.63, 3.8) is 0 Å². The largest absolute Gasteiger partial charge is 0.493 e. The van der Waals surface area contributed by atoms with Crippen LogP contribution in [-0.4, -0.2) is 43.2 Å². The summed E-state index contributed by atoms with van der Waals surface area (Å²) in [5.74, 6) is 0.511. The number of aryl methyl sites for hydroxylation is 1. The lowest BCUT2D eigenvalue weighted by Gasteiger charge is -2.10. The third-order valence-corrected chi connectivity index (χ3v) is 6.28. The molecule has 3 rings (SSSR count). The second-order valence-corrected chi connectivity index (χ2v) is 10.4. The van der Waals surface area contributed by atoms with Gasteiger partial charge in [-0.05, 0) is 48.4 Å². The van der Waals surface area contributed by atoms with Gasteiger partial charge in [-0.2, -0.15) is 14.6 Å². The minimum Gasteiger partial charge on any atom is -0.493 e. The molecular formula is C23H21ClN4O5S2. The lowest BCUT2D eigenvalue weighted by molar-refractivity contribution is -0.112. The van der Waals surface area contributed by atoms with Crippen molar-refractivity contribution < 1.29 is 22.7 Å². The Labute approximate surface area is 212 Å². The van der Waals surface area contributed by atoms with E-state index in [9.17, 15) is 18.5 Å². The fraction of sp³-hybridized carbons (Fsp3) is 0.217. The molecule has 2 aromatic carbocycles. The summed E-state index contributed by atoms with van der Waals surface area (Å²) in [5, 5.41) is 11.6. The highest BCUT2D eigenvalue weighted by Crippen LogP contribution is 2.27. The summed E-state index contributed by atoms with van der Waals surface area (Å²) in [7, 11) is -3.60. The van der Waals surface area contributed by atoms with Crippen LogP contribution < -0.4 is 14.8 Å². The minimum atomic E-state index is -3.60. The van der Waals surface area contributed by atoms with Crippen LogP contribution in [0.2, 0.25) is 5.02 Å². The summed E-state index contributed by atoms with van der Waals surface area (Å²) in [4.78, 5) is 16.1. The van der Waals surface area contributed by atoms with E-state index in [2.05, 4.69) is 14.7 Å². The zero-order chi connectivity index (χ0) is 25.4. The van der Waals surface area contributed by atoms with Crippen LogP contribution in [0.3, 0.4) is 0 Å². The molecule has 0 aliphatic heterocycles. The van der Waals surface area contributed by atoms with Gasteiger partial charge in [-0.1, -0.05) is 29.8 Å². The fourth-order valence-corrected chi connectivity index (χ4v) is 4.43. The number of hydrogen-bond donors (Lipinski definition) is 1. The molecule has 0 bridgehead atoms. The lowest BCUT2D eigenvalue weighted by Crippen LogP contribution is -2.13. The summed E-state index contributed by atoms with van der Waals surface area (Å²) in [5.41, 5.74) is 1.41. The lowest BCUT2D eigenvalue weighted by atomic mass is 10.1. The normalized spacial score (nSPS) is 11.5. The molecule has 0 unspecified atom stereocenters. The summed E-state index contributed by atoms with van der Waals surface area (Å²) < 4.78 is 38.0. The maximum Gasteiger partial charge on any atom is 0.268 e. The first-order valence-electron chi connectivity index (χ1n) is 10.2. The Morgan fingerprint density at radius 1 is 1.23 bits per heavy atom. The van der Waals surface area contributed by atoms with E-state index >= 15 is 0 Å². The first-order chi connectivity index (χ1) is 16.7. The van der Waals surface area contributed by atoms with Gasteiger partial charge in [0.2, 0.25) is 15.0 Å². The number of benzene rings is 2. The van der Waals surface area contributed by atoms with Crippen molar-refractivity contribution in [3.8, 4) is 17.6 Å². The number of rotatable bonds is 10. The van der Waals surface area contributed by atoms with Crippen LogP contribution in [0.5, 0.6) is 11.5 Å². The van der Waals surface area contributed by atoms with Crippen molar-refractivity contribution in [2.75, 3.05) is 24.8 Å². The summed E-state index contributed by atoms with van der Waals surface area (Å²) in [6.45, 7) is 2.88. The quantitative estimate of drug-likeness (QED) is 0.232. The van der Waals surface area contributed by atoms with Gasteiger partial charge in [-0.25, -0.2) is 8.42 Å². The third kappa shape index (κ3) is 7.78. The Hall–Kier alpha value is -3.46. The van der Waals surface area contributed by atoms with Crippen LogP contribution in [0, 0.1) is 18.3 Å². The number of nitrogens with zero attached hydrogens (tertiary/aromatic N) is 3. The average molecular weight is 533 g/mol. The first kappa shape index (κ1) is 26.2. The van der Waals surface area contributed by atoms with Crippen LogP contribution in [0.1, 0.15) is 17.5 Å². The number of halogens is 1. The first-order valence-corrected chi connectivity index (χ1v) is 13.3. The number of aromatic nitrogens is 2. The molecule has 1 N–H and O–H groups in total. The monoisotopic (exact) mass is 532 g/mol. The van der Waals surface area contributed by atoms with Gasteiger partial charge in [-0.3, -0.25) is 10.1 Å². The predicted molar refractivity (Wildman–Crippen MR) is 133 cm³/mol.